The van der Waals surface area contributed by atoms with Crippen molar-refractivity contribution in [2.45, 2.75) is 20.3 Å². The Morgan fingerprint density at radius 2 is 1.74 bits per heavy atom. The lowest BCUT2D eigenvalue weighted by Crippen LogP contribution is -2.48. The van der Waals surface area contributed by atoms with Gasteiger partial charge in [-0.25, -0.2) is 0 Å². The number of benzene rings is 1. The van der Waals surface area contributed by atoms with Crippen LogP contribution in [-0.2, 0) is 9.59 Å². The van der Waals surface area contributed by atoms with Crippen molar-refractivity contribution in [2.75, 3.05) is 5.32 Å². The van der Waals surface area contributed by atoms with E-state index < -0.39 is 17.8 Å². The van der Waals surface area contributed by atoms with Gasteiger partial charge in [0, 0.05) is 5.69 Å². The lowest BCUT2D eigenvalue weighted by Gasteiger charge is -2.41. The smallest absolute Gasteiger partial charge is 0.307 e. The molecule has 23 heavy (non-hydrogen) atoms. The van der Waals surface area contributed by atoms with Crippen molar-refractivity contribution in [1.82, 2.24) is 0 Å². The topological polar surface area (TPSA) is 66.4 Å². The predicted octanol–water partition coefficient (Wildman–Crippen LogP) is 3.01. The van der Waals surface area contributed by atoms with Crippen molar-refractivity contribution < 1.29 is 14.7 Å². The zero-order valence-corrected chi connectivity index (χ0v) is 13.3. The second kappa shape index (κ2) is 4.95. The normalized spacial score (nSPS) is 36.4. The molecule has 4 aliphatic carbocycles. The molecule has 4 aliphatic rings. The fourth-order valence-corrected chi connectivity index (χ4v) is 4.66. The van der Waals surface area contributed by atoms with Gasteiger partial charge in [0.05, 0.1) is 11.8 Å². The lowest BCUT2D eigenvalue weighted by atomic mass is 9.62. The number of hydrogen-bond donors (Lipinski definition) is 2. The minimum Gasteiger partial charge on any atom is -0.481 e. The summed E-state index contributed by atoms with van der Waals surface area (Å²) in [4.78, 5) is 24.7. The van der Waals surface area contributed by atoms with Crippen LogP contribution < -0.4 is 5.32 Å². The summed E-state index contributed by atoms with van der Waals surface area (Å²) in [5.41, 5.74) is 2.86. The van der Waals surface area contributed by atoms with Gasteiger partial charge in [-0.3, -0.25) is 9.59 Å². The summed E-state index contributed by atoms with van der Waals surface area (Å²) in [6.07, 6.45) is 5.20. The average molecular weight is 311 g/mol. The van der Waals surface area contributed by atoms with Crippen LogP contribution in [0.1, 0.15) is 17.5 Å². The monoisotopic (exact) mass is 311 g/mol. The molecule has 2 N–H and O–H groups in total. The number of carbonyl (C=O) groups is 2. The summed E-state index contributed by atoms with van der Waals surface area (Å²) < 4.78 is 0. The molecule has 2 saturated carbocycles. The number of carboxylic acid groups (broad SMARTS) is 1. The van der Waals surface area contributed by atoms with Gasteiger partial charge in [-0.15, -0.1) is 0 Å². The fourth-order valence-electron chi connectivity index (χ4n) is 4.66. The number of aryl methyl sites for hydroxylation is 2. The number of aliphatic carboxylic acids is 1. The number of fused-ring (bicyclic) bond motifs is 1. The Bertz CT molecular complexity index is 723. The van der Waals surface area contributed by atoms with E-state index in [-0.39, 0.29) is 17.7 Å². The van der Waals surface area contributed by atoms with Crippen LogP contribution in [0, 0.1) is 49.4 Å². The Kier molecular flexibility index (Phi) is 3.12. The van der Waals surface area contributed by atoms with Crippen molar-refractivity contribution >= 4 is 17.6 Å². The fraction of sp³-hybridized carbons (Fsp3) is 0.474. The molecule has 4 nitrogen and oxygen atoms in total. The van der Waals surface area contributed by atoms with Crippen molar-refractivity contribution in [1.29, 1.82) is 0 Å². The van der Waals surface area contributed by atoms with Crippen LogP contribution in [0.3, 0.4) is 0 Å². The van der Waals surface area contributed by atoms with Crippen LogP contribution in [0.4, 0.5) is 5.69 Å². The Hall–Kier alpha value is -2.10. The summed E-state index contributed by atoms with van der Waals surface area (Å²) >= 11 is 0. The van der Waals surface area contributed by atoms with Crippen LogP contribution in [0.25, 0.3) is 0 Å². The number of carbonyl (C=O) groups excluding carboxylic acids is 1. The summed E-state index contributed by atoms with van der Waals surface area (Å²) in [6, 6.07) is 5.93. The van der Waals surface area contributed by atoms with Gasteiger partial charge in [-0.1, -0.05) is 24.3 Å². The van der Waals surface area contributed by atoms with Crippen LogP contribution >= 0.6 is 0 Å². The van der Waals surface area contributed by atoms with Gasteiger partial charge >= 0.3 is 5.97 Å². The Balaban J connectivity index is 1.63. The van der Waals surface area contributed by atoms with Gasteiger partial charge in [-0.05, 0) is 61.1 Å². The van der Waals surface area contributed by atoms with Crippen molar-refractivity contribution in [2.24, 2.45) is 35.5 Å². The van der Waals surface area contributed by atoms with Crippen molar-refractivity contribution in [3.63, 3.8) is 0 Å². The molecule has 0 aromatic heterocycles. The summed E-state index contributed by atoms with van der Waals surface area (Å²) in [5, 5.41) is 12.7. The van der Waals surface area contributed by atoms with E-state index in [1.165, 1.54) is 0 Å². The average Bonchev–Trinajstić information content (AvgIpc) is 3.32. The van der Waals surface area contributed by atoms with Crippen LogP contribution in [0.2, 0.25) is 0 Å². The second-order valence-electron chi connectivity index (χ2n) is 7.30. The Morgan fingerprint density at radius 1 is 1.09 bits per heavy atom. The van der Waals surface area contributed by atoms with Crippen molar-refractivity contribution in [3.05, 3.63) is 41.5 Å². The molecule has 0 unspecified atom stereocenters. The highest BCUT2D eigenvalue weighted by Crippen LogP contribution is 2.63. The van der Waals surface area contributed by atoms with E-state index in [0.717, 1.165) is 23.2 Å². The van der Waals surface area contributed by atoms with Gasteiger partial charge in [0.1, 0.15) is 0 Å². The summed E-state index contributed by atoms with van der Waals surface area (Å²) in [5.74, 6) is -0.921. The van der Waals surface area contributed by atoms with E-state index in [9.17, 15) is 14.7 Å². The largest absolute Gasteiger partial charge is 0.481 e. The van der Waals surface area contributed by atoms with E-state index >= 15 is 0 Å². The number of nitrogens with one attached hydrogen (secondary N) is 1. The molecule has 4 heteroatoms. The first kappa shape index (κ1) is 14.5. The van der Waals surface area contributed by atoms with E-state index in [2.05, 4.69) is 11.4 Å². The first-order valence-corrected chi connectivity index (χ1v) is 8.26. The number of allylic oxidation sites excluding steroid dienone is 2. The van der Waals surface area contributed by atoms with Crippen molar-refractivity contribution in [3.8, 4) is 0 Å². The zero-order chi connectivity index (χ0) is 16.3. The standard InChI is InChI=1S/C19H21NO3/c1-9-3-4-10(2)15(7-9)20-18(21)16-11-5-6-12(14-8-13(11)14)17(16)19(22)23/h3-7,11-14,16-17H,8H2,1-2H3,(H,20,21)(H,22,23)/t11-,12-,13-,14-,16-,17+/m1/s1. The van der Waals surface area contributed by atoms with Gasteiger partial charge in [-0.2, -0.15) is 0 Å². The van der Waals surface area contributed by atoms with E-state index in [4.69, 9.17) is 0 Å². The third-order valence-corrected chi connectivity index (χ3v) is 5.89. The van der Waals surface area contributed by atoms with Gasteiger partial charge < -0.3 is 10.4 Å². The minimum absolute atomic E-state index is 0.0249. The number of amides is 1. The number of rotatable bonds is 3. The molecule has 6 atom stereocenters. The molecule has 1 amide bonds. The maximum atomic E-state index is 12.9. The molecule has 0 aliphatic heterocycles. The van der Waals surface area contributed by atoms with E-state index in [0.29, 0.717) is 11.8 Å². The molecule has 0 radical (unpaired) electrons. The predicted molar refractivity (Wildman–Crippen MR) is 86.9 cm³/mol. The molecule has 0 saturated heterocycles. The molecular weight excluding hydrogens is 290 g/mol. The third kappa shape index (κ3) is 2.19. The zero-order valence-electron chi connectivity index (χ0n) is 13.3. The first-order valence-electron chi connectivity index (χ1n) is 8.26. The van der Waals surface area contributed by atoms with Gasteiger partial charge in [0.15, 0.2) is 0 Å². The van der Waals surface area contributed by atoms with E-state index in [1.807, 2.05) is 38.1 Å². The highest BCUT2D eigenvalue weighted by atomic mass is 16.4. The molecule has 0 spiro atoms. The molecule has 5 rings (SSSR count). The SMILES string of the molecule is Cc1ccc(C)c(NC(=O)[C@@H]2[C@@H]3C=C[C@H]([C@H]4C[C@H]34)[C@@H]2C(=O)O)c1. The van der Waals surface area contributed by atoms with Crippen LogP contribution in [0.15, 0.2) is 30.4 Å². The highest BCUT2D eigenvalue weighted by Gasteiger charge is 2.62. The second-order valence-corrected chi connectivity index (χ2v) is 7.30. The first-order chi connectivity index (χ1) is 11.0. The Labute approximate surface area is 135 Å². The lowest BCUT2D eigenvalue weighted by molar-refractivity contribution is -0.152. The molecular formula is C19H21NO3. The summed E-state index contributed by atoms with van der Waals surface area (Å²) in [7, 11) is 0. The molecule has 1 aromatic carbocycles. The summed E-state index contributed by atoms with van der Waals surface area (Å²) in [6.45, 7) is 3.93. The van der Waals surface area contributed by atoms with Gasteiger partial charge in [0.25, 0.3) is 0 Å². The molecule has 1 aromatic rings. The molecule has 2 fully saturated rings. The quantitative estimate of drug-likeness (QED) is 0.843. The van der Waals surface area contributed by atoms with Crippen LogP contribution in [0.5, 0.6) is 0 Å². The number of hydrogen-bond acceptors (Lipinski definition) is 2. The number of carboxylic acids is 1. The maximum Gasteiger partial charge on any atom is 0.307 e. The molecule has 2 bridgehead atoms. The molecule has 120 valence electrons. The molecule has 0 heterocycles. The maximum absolute atomic E-state index is 12.9. The Morgan fingerprint density at radius 3 is 2.39 bits per heavy atom. The minimum atomic E-state index is -0.837. The third-order valence-electron chi connectivity index (χ3n) is 5.89. The van der Waals surface area contributed by atoms with Crippen LogP contribution in [-0.4, -0.2) is 17.0 Å². The highest BCUT2D eigenvalue weighted by molar-refractivity contribution is 5.96. The number of anilines is 1. The van der Waals surface area contributed by atoms with Gasteiger partial charge in [0.2, 0.25) is 5.91 Å². The van der Waals surface area contributed by atoms with E-state index in [1.54, 1.807) is 0 Å².